The molecule has 1 aromatic carbocycles. The number of hydrogen-bond donors (Lipinski definition) is 2. The third-order valence-corrected chi connectivity index (χ3v) is 3.64. The minimum Gasteiger partial charge on any atom is -0.380 e. The number of nitrogens with one attached hydrogen (secondary N) is 2. The van der Waals surface area contributed by atoms with Crippen LogP contribution in [0.1, 0.15) is 17.4 Å². The fourth-order valence-corrected chi connectivity index (χ4v) is 2.51. The molecule has 0 atom stereocenters. The summed E-state index contributed by atoms with van der Waals surface area (Å²) in [6.45, 7) is 1.85. The molecule has 2 N–H and O–H groups in total. The van der Waals surface area contributed by atoms with Crippen molar-refractivity contribution in [2.24, 2.45) is 0 Å². The van der Waals surface area contributed by atoms with E-state index in [-0.39, 0.29) is 5.91 Å². The fraction of sp³-hybridized carbons (Fsp3) is 0.214. The van der Waals surface area contributed by atoms with Gasteiger partial charge >= 0.3 is 6.18 Å². The Morgan fingerprint density at radius 3 is 2.43 bits per heavy atom. The maximum atomic E-state index is 12.4. The first-order chi connectivity index (χ1) is 9.86. The van der Waals surface area contributed by atoms with Gasteiger partial charge in [0, 0.05) is 17.5 Å². The van der Waals surface area contributed by atoms with Crippen LogP contribution in [0.2, 0.25) is 0 Å². The predicted octanol–water partition coefficient (Wildman–Crippen LogP) is 4.34. The maximum absolute atomic E-state index is 12.4. The molecule has 0 saturated carbocycles. The molecule has 1 heterocycles. The van der Waals surface area contributed by atoms with Gasteiger partial charge in [-0.1, -0.05) is 0 Å². The SMILES string of the molecule is CC(=O)Nc1ccsc1CNc1ccc(C(F)(F)F)cc1. The molecule has 2 aromatic rings. The Hall–Kier alpha value is -2.02. The molecule has 0 aliphatic carbocycles. The van der Waals surface area contributed by atoms with Gasteiger partial charge < -0.3 is 10.6 Å². The molecule has 1 amide bonds. The molecular weight excluding hydrogens is 301 g/mol. The second kappa shape index (κ2) is 6.17. The van der Waals surface area contributed by atoms with Crippen LogP contribution in [-0.4, -0.2) is 5.91 Å². The van der Waals surface area contributed by atoms with Crippen molar-refractivity contribution < 1.29 is 18.0 Å². The maximum Gasteiger partial charge on any atom is 0.416 e. The van der Waals surface area contributed by atoms with E-state index in [1.807, 2.05) is 5.38 Å². The van der Waals surface area contributed by atoms with Gasteiger partial charge in [0.25, 0.3) is 0 Å². The minimum absolute atomic E-state index is 0.163. The Morgan fingerprint density at radius 1 is 1.19 bits per heavy atom. The van der Waals surface area contributed by atoms with Crippen LogP contribution in [0.3, 0.4) is 0 Å². The van der Waals surface area contributed by atoms with Gasteiger partial charge in [0.05, 0.1) is 17.8 Å². The summed E-state index contributed by atoms with van der Waals surface area (Å²) in [4.78, 5) is 11.9. The number of hydrogen-bond acceptors (Lipinski definition) is 3. The van der Waals surface area contributed by atoms with Crippen LogP contribution in [0, 0.1) is 0 Å². The number of thiophene rings is 1. The number of halogens is 3. The molecule has 2 rings (SSSR count). The quantitative estimate of drug-likeness (QED) is 0.881. The van der Waals surface area contributed by atoms with Crippen LogP contribution in [0.15, 0.2) is 35.7 Å². The second-order valence-corrected chi connectivity index (χ2v) is 5.37. The number of anilines is 2. The van der Waals surface area contributed by atoms with Gasteiger partial charge in [-0.05, 0) is 35.7 Å². The second-order valence-electron chi connectivity index (χ2n) is 4.37. The molecule has 7 heteroatoms. The Labute approximate surface area is 123 Å². The van der Waals surface area contributed by atoms with Gasteiger partial charge in [0.1, 0.15) is 0 Å². The van der Waals surface area contributed by atoms with Crippen molar-refractivity contribution in [2.45, 2.75) is 19.6 Å². The number of carbonyl (C=O) groups excluding carboxylic acids is 1. The predicted molar refractivity (Wildman–Crippen MR) is 77.4 cm³/mol. The highest BCUT2D eigenvalue weighted by atomic mass is 32.1. The van der Waals surface area contributed by atoms with Crippen molar-refractivity contribution in [1.82, 2.24) is 0 Å². The number of benzene rings is 1. The highest BCUT2D eigenvalue weighted by Crippen LogP contribution is 2.30. The Kier molecular flexibility index (Phi) is 4.52. The van der Waals surface area contributed by atoms with Crippen molar-refractivity contribution in [1.29, 1.82) is 0 Å². The van der Waals surface area contributed by atoms with Gasteiger partial charge in [-0.3, -0.25) is 4.79 Å². The molecule has 21 heavy (non-hydrogen) atoms. The molecular formula is C14H13F3N2OS. The Morgan fingerprint density at radius 2 is 1.86 bits per heavy atom. The molecule has 0 aliphatic heterocycles. The minimum atomic E-state index is -4.33. The van der Waals surface area contributed by atoms with Gasteiger partial charge in [-0.2, -0.15) is 13.2 Å². The van der Waals surface area contributed by atoms with E-state index in [0.29, 0.717) is 17.9 Å². The first kappa shape index (κ1) is 15.4. The lowest BCUT2D eigenvalue weighted by Gasteiger charge is -2.10. The zero-order valence-electron chi connectivity index (χ0n) is 11.1. The molecule has 1 aromatic heterocycles. The van der Waals surface area contributed by atoms with Crippen molar-refractivity contribution in [3.05, 3.63) is 46.2 Å². The number of alkyl halides is 3. The summed E-state index contributed by atoms with van der Waals surface area (Å²) in [7, 11) is 0. The molecule has 0 aliphatic rings. The average Bonchev–Trinajstić information content (AvgIpc) is 2.82. The summed E-state index contributed by atoms with van der Waals surface area (Å²) in [6.07, 6.45) is -4.33. The third-order valence-electron chi connectivity index (χ3n) is 2.72. The van der Waals surface area contributed by atoms with Gasteiger partial charge in [0.15, 0.2) is 0 Å². The van der Waals surface area contributed by atoms with Gasteiger partial charge in [-0.25, -0.2) is 0 Å². The van der Waals surface area contributed by atoms with E-state index < -0.39 is 11.7 Å². The van der Waals surface area contributed by atoms with Crippen LogP contribution in [-0.2, 0) is 17.5 Å². The van der Waals surface area contributed by atoms with E-state index in [1.54, 1.807) is 6.07 Å². The molecule has 0 spiro atoms. The Bertz CT molecular complexity index is 620. The number of amides is 1. The molecule has 0 radical (unpaired) electrons. The first-order valence-electron chi connectivity index (χ1n) is 6.11. The molecule has 0 unspecified atom stereocenters. The molecule has 3 nitrogen and oxygen atoms in total. The number of carbonyl (C=O) groups is 1. The molecule has 0 fully saturated rings. The first-order valence-corrected chi connectivity index (χ1v) is 6.99. The molecule has 0 bridgehead atoms. The lowest BCUT2D eigenvalue weighted by atomic mass is 10.2. The Balaban J connectivity index is 2.00. The van der Waals surface area contributed by atoms with E-state index in [1.165, 1.54) is 30.4 Å². The van der Waals surface area contributed by atoms with Crippen LogP contribution in [0.4, 0.5) is 24.5 Å². The van der Waals surface area contributed by atoms with E-state index in [9.17, 15) is 18.0 Å². The highest BCUT2D eigenvalue weighted by Gasteiger charge is 2.29. The summed E-state index contributed by atoms with van der Waals surface area (Å²) in [5, 5.41) is 7.57. The summed E-state index contributed by atoms with van der Waals surface area (Å²) >= 11 is 1.46. The zero-order chi connectivity index (χ0) is 15.5. The fourth-order valence-electron chi connectivity index (χ4n) is 1.74. The largest absolute Gasteiger partial charge is 0.416 e. The van der Waals surface area contributed by atoms with E-state index in [0.717, 1.165) is 17.0 Å². The normalized spacial score (nSPS) is 11.2. The van der Waals surface area contributed by atoms with Crippen molar-refractivity contribution >= 4 is 28.6 Å². The van der Waals surface area contributed by atoms with Crippen molar-refractivity contribution in [3.8, 4) is 0 Å². The smallest absolute Gasteiger partial charge is 0.380 e. The van der Waals surface area contributed by atoms with E-state index in [4.69, 9.17) is 0 Å². The van der Waals surface area contributed by atoms with Crippen LogP contribution < -0.4 is 10.6 Å². The van der Waals surface area contributed by atoms with Crippen LogP contribution in [0.25, 0.3) is 0 Å². The van der Waals surface area contributed by atoms with Gasteiger partial charge in [0.2, 0.25) is 5.91 Å². The van der Waals surface area contributed by atoms with Crippen molar-refractivity contribution in [2.75, 3.05) is 10.6 Å². The van der Waals surface area contributed by atoms with Crippen molar-refractivity contribution in [3.63, 3.8) is 0 Å². The highest BCUT2D eigenvalue weighted by molar-refractivity contribution is 7.10. The summed E-state index contributed by atoms with van der Waals surface area (Å²) in [5.41, 5.74) is 0.625. The zero-order valence-corrected chi connectivity index (χ0v) is 11.9. The monoisotopic (exact) mass is 314 g/mol. The van der Waals surface area contributed by atoms with E-state index >= 15 is 0 Å². The molecule has 0 saturated heterocycles. The van der Waals surface area contributed by atoms with Gasteiger partial charge in [-0.15, -0.1) is 11.3 Å². The van der Waals surface area contributed by atoms with E-state index in [2.05, 4.69) is 10.6 Å². The summed E-state index contributed by atoms with van der Waals surface area (Å²) in [6, 6.07) is 6.62. The third kappa shape index (κ3) is 4.22. The summed E-state index contributed by atoms with van der Waals surface area (Å²) in [5.74, 6) is -0.163. The average molecular weight is 314 g/mol. The summed E-state index contributed by atoms with van der Waals surface area (Å²) < 4.78 is 37.3. The number of rotatable bonds is 4. The van der Waals surface area contributed by atoms with Crippen LogP contribution >= 0.6 is 11.3 Å². The van der Waals surface area contributed by atoms with Crippen LogP contribution in [0.5, 0.6) is 0 Å². The molecule has 112 valence electrons. The topological polar surface area (TPSA) is 41.1 Å². The lowest BCUT2D eigenvalue weighted by molar-refractivity contribution is -0.137. The lowest BCUT2D eigenvalue weighted by Crippen LogP contribution is -2.08. The standard InChI is InChI=1S/C14H13F3N2OS/c1-9(20)19-12-6-7-21-13(12)8-18-11-4-2-10(3-5-11)14(15,16)17/h2-7,18H,8H2,1H3,(H,19,20).